The van der Waals surface area contributed by atoms with E-state index in [2.05, 4.69) is 21.9 Å². The minimum absolute atomic E-state index is 0.0110. The highest BCUT2D eigenvalue weighted by Crippen LogP contribution is 2.23. The van der Waals surface area contributed by atoms with Crippen molar-refractivity contribution in [3.8, 4) is 17.6 Å². The van der Waals surface area contributed by atoms with Crippen molar-refractivity contribution in [2.45, 2.75) is 65.0 Å². The number of primary amides is 1. The summed E-state index contributed by atoms with van der Waals surface area (Å²) in [6.07, 6.45) is -0.139. The van der Waals surface area contributed by atoms with E-state index in [9.17, 15) is 18.8 Å². The van der Waals surface area contributed by atoms with E-state index in [1.165, 1.54) is 13.2 Å². The maximum atomic E-state index is 14.8. The summed E-state index contributed by atoms with van der Waals surface area (Å²) in [5.74, 6) is 3.80. The fourth-order valence-electron chi connectivity index (χ4n) is 2.53. The molecule has 0 saturated carbocycles. The molecule has 2 amide bonds. The lowest BCUT2D eigenvalue weighted by atomic mass is 10.1. The van der Waals surface area contributed by atoms with Crippen molar-refractivity contribution in [1.29, 1.82) is 0 Å². The molecule has 0 spiro atoms. The fraction of sp³-hybridized carbons (Fsp3) is 0.522. The van der Waals surface area contributed by atoms with Crippen LogP contribution in [-0.4, -0.2) is 43.3 Å². The number of halogens is 1. The van der Waals surface area contributed by atoms with Gasteiger partial charge >= 0.3 is 12.1 Å². The Morgan fingerprint density at radius 2 is 1.91 bits per heavy atom. The van der Waals surface area contributed by atoms with Crippen molar-refractivity contribution < 1.29 is 33.0 Å². The van der Waals surface area contributed by atoms with Gasteiger partial charge in [0.1, 0.15) is 12.2 Å². The van der Waals surface area contributed by atoms with Gasteiger partial charge in [0, 0.05) is 12.8 Å². The molecule has 0 fully saturated rings. The summed E-state index contributed by atoms with van der Waals surface area (Å²) >= 11 is 0. The van der Waals surface area contributed by atoms with E-state index in [1.54, 1.807) is 33.8 Å². The first kappa shape index (κ1) is 26.8. The number of hydrogen-bond acceptors (Lipinski definition) is 6. The average molecular weight is 451 g/mol. The van der Waals surface area contributed by atoms with Gasteiger partial charge in [-0.2, -0.15) is 0 Å². The number of rotatable bonds is 9. The number of carbonyl (C=O) groups is 3. The number of amides is 2. The lowest BCUT2D eigenvalue weighted by Gasteiger charge is -2.24. The van der Waals surface area contributed by atoms with Crippen molar-refractivity contribution in [1.82, 2.24) is 5.32 Å². The van der Waals surface area contributed by atoms with E-state index in [0.717, 1.165) is 0 Å². The highest BCUT2D eigenvalue weighted by Gasteiger charge is 2.21. The minimum Gasteiger partial charge on any atom is -0.488 e. The molecule has 1 atom stereocenters. The second kappa shape index (κ2) is 12.5. The third-order valence-electron chi connectivity index (χ3n) is 3.99. The maximum Gasteiger partial charge on any atom is 0.407 e. The summed E-state index contributed by atoms with van der Waals surface area (Å²) in [5.41, 5.74) is 5.34. The highest BCUT2D eigenvalue weighted by atomic mass is 19.1. The third kappa shape index (κ3) is 10.7. The van der Waals surface area contributed by atoms with Crippen LogP contribution in [0.2, 0.25) is 0 Å². The van der Waals surface area contributed by atoms with Crippen LogP contribution in [0.15, 0.2) is 12.1 Å². The van der Waals surface area contributed by atoms with Crippen LogP contribution >= 0.6 is 0 Å². The van der Waals surface area contributed by atoms with Crippen LogP contribution in [0, 0.1) is 24.6 Å². The molecule has 1 aromatic carbocycles. The molecule has 32 heavy (non-hydrogen) atoms. The number of benzene rings is 1. The first-order chi connectivity index (χ1) is 14.9. The number of aryl methyl sites for hydroxylation is 1. The van der Waals surface area contributed by atoms with E-state index in [4.69, 9.17) is 15.2 Å². The van der Waals surface area contributed by atoms with Crippen molar-refractivity contribution in [3.63, 3.8) is 0 Å². The van der Waals surface area contributed by atoms with Gasteiger partial charge in [-0.25, -0.2) is 9.18 Å². The second-order valence-corrected chi connectivity index (χ2v) is 8.16. The van der Waals surface area contributed by atoms with Gasteiger partial charge in [-0.05, 0) is 51.8 Å². The zero-order valence-corrected chi connectivity index (χ0v) is 19.2. The Bertz CT molecular complexity index is 883. The normalized spacial score (nSPS) is 11.6. The molecular weight excluding hydrogens is 419 g/mol. The van der Waals surface area contributed by atoms with Crippen LogP contribution in [0.25, 0.3) is 0 Å². The molecule has 0 aliphatic rings. The van der Waals surface area contributed by atoms with Gasteiger partial charge in [-0.3, -0.25) is 9.59 Å². The van der Waals surface area contributed by atoms with Crippen molar-refractivity contribution in [2.24, 2.45) is 5.73 Å². The van der Waals surface area contributed by atoms with Gasteiger partial charge in [-0.1, -0.05) is 11.8 Å². The van der Waals surface area contributed by atoms with Crippen LogP contribution in [0.4, 0.5) is 9.18 Å². The third-order valence-corrected chi connectivity index (χ3v) is 3.99. The number of ether oxygens (including phenoxy) is 3. The van der Waals surface area contributed by atoms with E-state index < -0.39 is 35.4 Å². The summed E-state index contributed by atoms with van der Waals surface area (Å²) in [5, 5.41) is 2.62. The van der Waals surface area contributed by atoms with Crippen LogP contribution in [0.1, 0.15) is 57.6 Å². The number of alkyl carbamates (subject to hydrolysis) is 1. The monoisotopic (exact) mass is 450 g/mol. The van der Waals surface area contributed by atoms with Gasteiger partial charge in [0.15, 0.2) is 11.6 Å². The van der Waals surface area contributed by atoms with Crippen LogP contribution in [-0.2, 0) is 19.1 Å². The van der Waals surface area contributed by atoms with Crippen LogP contribution in [0.5, 0.6) is 5.75 Å². The number of carbonyl (C=O) groups excluding carboxylic acids is 3. The van der Waals surface area contributed by atoms with Crippen LogP contribution in [0.3, 0.4) is 0 Å². The van der Waals surface area contributed by atoms with Gasteiger partial charge in [0.25, 0.3) is 0 Å². The van der Waals surface area contributed by atoms with Gasteiger partial charge in [0.2, 0.25) is 5.91 Å². The van der Waals surface area contributed by atoms with Gasteiger partial charge in [0.05, 0.1) is 25.1 Å². The molecule has 0 aliphatic heterocycles. The predicted molar refractivity (Wildman–Crippen MR) is 116 cm³/mol. The molecule has 0 unspecified atom stereocenters. The van der Waals surface area contributed by atoms with Crippen molar-refractivity contribution >= 4 is 18.0 Å². The van der Waals surface area contributed by atoms with Gasteiger partial charge in [-0.15, -0.1) is 0 Å². The fourth-order valence-corrected chi connectivity index (χ4v) is 2.53. The molecular formula is C23H31FN2O6. The Morgan fingerprint density at radius 1 is 1.22 bits per heavy atom. The molecule has 176 valence electrons. The lowest BCUT2D eigenvalue weighted by molar-refractivity contribution is -0.140. The SMILES string of the molecule is COC(=O)CCC#Cc1cc(C)cc(OC[C@H](CCC(N)=O)NC(=O)OC(C)(C)C)c1F. The second-order valence-electron chi connectivity index (χ2n) is 8.16. The summed E-state index contributed by atoms with van der Waals surface area (Å²) in [4.78, 5) is 34.4. The first-order valence-electron chi connectivity index (χ1n) is 10.2. The quantitative estimate of drug-likeness (QED) is 0.441. The standard InChI is InChI=1S/C23H31FN2O6/c1-15-12-16(8-6-7-9-20(28)30-5)21(24)18(13-15)31-14-17(10-11-19(25)27)26-22(29)32-23(2,3)4/h12-13,17H,7,9-11,14H2,1-5H3,(H2,25,27)(H,26,29)/t17-/m0/s1. The Balaban J connectivity index is 2.90. The summed E-state index contributed by atoms with van der Waals surface area (Å²) < 4.78 is 30.2. The first-order valence-corrected chi connectivity index (χ1v) is 10.2. The smallest absolute Gasteiger partial charge is 0.407 e. The highest BCUT2D eigenvalue weighted by molar-refractivity contribution is 5.74. The summed E-state index contributed by atoms with van der Waals surface area (Å²) in [6.45, 7) is 6.81. The largest absolute Gasteiger partial charge is 0.488 e. The Hall–Kier alpha value is -3.28. The van der Waals surface area contributed by atoms with E-state index >= 15 is 0 Å². The van der Waals surface area contributed by atoms with E-state index in [0.29, 0.717) is 5.56 Å². The predicted octanol–water partition coefficient (Wildman–Crippen LogP) is 2.98. The number of hydrogen-bond donors (Lipinski definition) is 2. The van der Waals surface area contributed by atoms with Crippen molar-refractivity contribution in [2.75, 3.05) is 13.7 Å². The zero-order chi connectivity index (χ0) is 24.3. The number of nitrogens with two attached hydrogens (primary N) is 1. The molecule has 0 aromatic heterocycles. The molecule has 0 radical (unpaired) electrons. The molecule has 8 nitrogen and oxygen atoms in total. The average Bonchev–Trinajstić information content (AvgIpc) is 2.68. The molecule has 0 saturated heterocycles. The molecule has 0 aliphatic carbocycles. The van der Waals surface area contributed by atoms with E-state index in [-0.39, 0.29) is 43.6 Å². The number of nitrogens with one attached hydrogen (secondary N) is 1. The summed E-state index contributed by atoms with van der Waals surface area (Å²) in [7, 11) is 1.29. The Kier molecular flexibility index (Phi) is 10.5. The molecule has 9 heteroatoms. The molecule has 1 aromatic rings. The Labute approximate surface area is 188 Å². The lowest BCUT2D eigenvalue weighted by Crippen LogP contribution is -2.42. The molecule has 1 rings (SSSR count). The minimum atomic E-state index is -0.705. The maximum absolute atomic E-state index is 14.8. The topological polar surface area (TPSA) is 117 Å². The van der Waals surface area contributed by atoms with Gasteiger partial charge < -0.3 is 25.3 Å². The number of esters is 1. The van der Waals surface area contributed by atoms with Crippen molar-refractivity contribution in [3.05, 3.63) is 29.1 Å². The van der Waals surface area contributed by atoms with E-state index in [1.807, 2.05) is 0 Å². The zero-order valence-electron chi connectivity index (χ0n) is 19.2. The molecule has 0 bridgehead atoms. The summed E-state index contributed by atoms with van der Waals surface area (Å²) in [6, 6.07) is 2.44. The van der Waals surface area contributed by atoms with Crippen LogP contribution < -0.4 is 15.8 Å². The molecule has 0 heterocycles. The number of methoxy groups -OCH3 is 1. The Morgan fingerprint density at radius 3 is 2.50 bits per heavy atom. The molecule has 3 N–H and O–H groups in total.